The highest BCUT2D eigenvalue weighted by Gasteiger charge is 2.07. The fourth-order valence-electron chi connectivity index (χ4n) is 1.62. The van der Waals surface area contributed by atoms with Crippen molar-refractivity contribution in [3.8, 4) is 0 Å². The molecule has 0 radical (unpaired) electrons. The standard InChI is InChI=1S/C15H15FN2OS/c1-10-6-7-11(8-13(10)17)18-15(19)9-20-14-5-3-2-4-12(14)16/h2-8H,9,17H2,1H3,(H,18,19). The molecule has 2 rings (SSSR count). The molecule has 0 aliphatic rings. The van der Waals surface area contributed by atoms with Gasteiger partial charge in [-0.05, 0) is 36.8 Å². The number of anilines is 2. The molecule has 0 fully saturated rings. The van der Waals surface area contributed by atoms with E-state index in [4.69, 9.17) is 5.73 Å². The predicted octanol–water partition coefficient (Wildman–Crippen LogP) is 3.45. The molecule has 2 aromatic rings. The Morgan fingerprint density at radius 3 is 2.75 bits per heavy atom. The Morgan fingerprint density at radius 2 is 2.05 bits per heavy atom. The highest BCUT2D eigenvalue weighted by molar-refractivity contribution is 8.00. The van der Waals surface area contributed by atoms with Gasteiger partial charge in [-0.2, -0.15) is 0 Å². The molecule has 0 aliphatic carbocycles. The van der Waals surface area contributed by atoms with Crippen LogP contribution in [-0.2, 0) is 4.79 Å². The smallest absolute Gasteiger partial charge is 0.234 e. The Labute approximate surface area is 121 Å². The average Bonchev–Trinajstić information content (AvgIpc) is 2.42. The molecule has 0 saturated carbocycles. The van der Waals surface area contributed by atoms with E-state index in [2.05, 4.69) is 5.32 Å². The Morgan fingerprint density at radius 1 is 1.30 bits per heavy atom. The number of hydrogen-bond donors (Lipinski definition) is 2. The lowest BCUT2D eigenvalue weighted by Gasteiger charge is -2.07. The molecule has 0 bridgehead atoms. The van der Waals surface area contributed by atoms with Crippen LogP contribution in [0.2, 0.25) is 0 Å². The largest absolute Gasteiger partial charge is 0.398 e. The van der Waals surface area contributed by atoms with Crippen LogP contribution >= 0.6 is 11.8 Å². The Hall–Kier alpha value is -2.01. The molecule has 0 atom stereocenters. The lowest BCUT2D eigenvalue weighted by molar-refractivity contribution is -0.113. The lowest BCUT2D eigenvalue weighted by atomic mass is 10.2. The van der Waals surface area contributed by atoms with Gasteiger partial charge in [0.15, 0.2) is 0 Å². The van der Waals surface area contributed by atoms with Crippen LogP contribution in [0.5, 0.6) is 0 Å². The van der Waals surface area contributed by atoms with Gasteiger partial charge >= 0.3 is 0 Å². The molecule has 3 N–H and O–H groups in total. The number of nitrogens with one attached hydrogen (secondary N) is 1. The number of carbonyl (C=O) groups excluding carboxylic acids is 1. The third kappa shape index (κ3) is 3.74. The van der Waals surface area contributed by atoms with Crippen molar-refractivity contribution in [2.75, 3.05) is 16.8 Å². The lowest BCUT2D eigenvalue weighted by Crippen LogP contribution is -2.14. The van der Waals surface area contributed by atoms with Crippen LogP contribution in [0.4, 0.5) is 15.8 Å². The molecule has 0 saturated heterocycles. The highest BCUT2D eigenvalue weighted by atomic mass is 32.2. The molecule has 1 amide bonds. The van der Waals surface area contributed by atoms with Crippen LogP contribution < -0.4 is 11.1 Å². The Bertz CT molecular complexity index is 631. The van der Waals surface area contributed by atoms with Gasteiger partial charge in [-0.3, -0.25) is 4.79 Å². The van der Waals surface area contributed by atoms with Gasteiger partial charge in [0.1, 0.15) is 5.82 Å². The quantitative estimate of drug-likeness (QED) is 0.670. The monoisotopic (exact) mass is 290 g/mol. The molecule has 0 unspecified atom stereocenters. The summed E-state index contributed by atoms with van der Waals surface area (Å²) in [6.45, 7) is 1.90. The maximum Gasteiger partial charge on any atom is 0.234 e. The van der Waals surface area contributed by atoms with Crippen molar-refractivity contribution in [1.82, 2.24) is 0 Å². The number of benzene rings is 2. The first-order valence-corrected chi connectivity index (χ1v) is 7.08. The van der Waals surface area contributed by atoms with Gasteiger partial charge in [0.25, 0.3) is 0 Å². The van der Waals surface area contributed by atoms with Crippen molar-refractivity contribution in [2.24, 2.45) is 0 Å². The van der Waals surface area contributed by atoms with E-state index in [9.17, 15) is 9.18 Å². The Kier molecular flexibility index (Phi) is 4.63. The van der Waals surface area contributed by atoms with E-state index in [-0.39, 0.29) is 17.5 Å². The number of thioether (sulfide) groups is 1. The maximum absolute atomic E-state index is 13.4. The summed E-state index contributed by atoms with van der Waals surface area (Å²) in [5.74, 6) is -0.360. The van der Waals surface area contributed by atoms with E-state index in [1.807, 2.05) is 13.0 Å². The van der Waals surface area contributed by atoms with Gasteiger partial charge in [-0.15, -0.1) is 11.8 Å². The number of amides is 1. The SMILES string of the molecule is Cc1ccc(NC(=O)CSc2ccccc2F)cc1N. The first-order chi connectivity index (χ1) is 9.56. The summed E-state index contributed by atoms with van der Waals surface area (Å²) in [6.07, 6.45) is 0. The van der Waals surface area contributed by atoms with Gasteiger partial charge < -0.3 is 11.1 Å². The third-order valence-electron chi connectivity index (χ3n) is 2.76. The minimum atomic E-state index is -0.315. The molecular weight excluding hydrogens is 275 g/mol. The molecule has 5 heteroatoms. The summed E-state index contributed by atoms with van der Waals surface area (Å²) in [7, 11) is 0. The first-order valence-electron chi connectivity index (χ1n) is 6.09. The summed E-state index contributed by atoms with van der Waals surface area (Å²) >= 11 is 1.16. The molecule has 20 heavy (non-hydrogen) atoms. The fourth-order valence-corrected chi connectivity index (χ4v) is 2.36. The zero-order valence-electron chi connectivity index (χ0n) is 11.0. The van der Waals surface area contributed by atoms with Crippen LogP contribution in [0, 0.1) is 12.7 Å². The van der Waals surface area contributed by atoms with Crippen molar-refractivity contribution in [2.45, 2.75) is 11.8 Å². The zero-order chi connectivity index (χ0) is 14.5. The van der Waals surface area contributed by atoms with Gasteiger partial charge in [0.2, 0.25) is 5.91 Å². The second-order valence-corrected chi connectivity index (χ2v) is 5.36. The number of carbonyl (C=O) groups is 1. The summed E-state index contributed by atoms with van der Waals surface area (Å²) < 4.78 is 13.4. The topological polar surface area (TPSA) is 55.1 Å². The Balaban J connectivity index is 1.93. The second kappa shape index (κ2) is 6.43. The van der Waals surface area contributed by atoms with Crippen molar-refractivity contribution in [3.63, 3.8) is 0 Å². The molecule has 0 aliphatic heterocycles. The zero-order valence-corrected chi connectivity index (χ0v) is 11.8. The number of nitrogen functional groups attached to an aromatic ring is 1. The minimum absolute atomic E-state index is 0.148. The number of nitrogens with two attached hydrogens (primary N) is 1. The fraction of sp³-hybridized carbons (Fsp3) is 0.133. The second-order valence-electron chi connectivity index (χ2n) is 4.34. The van der Waals surface area contributed by atoms with Crippen molar-refractivity contribution >= 4 is 29.0 Å². The number of halogens is 1. The summed E-state index contributed by atoms with van der Waals surface area (Å²) in [4.78, 5) is 12.3. The predicted molar refractivity (Wildman–Crippen MR) is 81.3 cm³/mol. The van der Waals surface area contributed by atoms with E-state index < -0.39 is 0 Å². The summed E-state index contributed by atoms with van der Waals surface area (Å²) in [5.41, 5.74) is 8.01. The maximum atomic E-state index is 13.4. The van der Waals surface area contributed by atoms with Crippen LogP contribution in [-0.4, -0.2) is 11.7 Å². The van der Waals surface area contributed by atoms with Gasteiger partial charge in [0.05, 0.1) is 5.75 Å². The van der Waals surface area contributed by atoms with Crippen LogP contribution in [0.25, 0.3) is 0 Å². The van der Waals surface area contributed by atoms with E-state index in [0.29, 0.717) is 16.3 Å². The molecule has 0 aromatic heterocycles. The van der Waals surface area contributed by atoms with Crippen molar-refractivity contribution < 1.29 is 9.18 Å². The van der Waals surface area contributed by atoms with Crippen LogP contribution in [0.1, 0.15) is 5.56 Å². The van der Waals surface area contributed by atoms with Crippen LogP contribution in [0.3, 0.4) is 0 Å². The van der Waals surface area contributed by atoms with Gasteiger partial charge in [0, 0.05) is 16.3 Å². The van der Waals surface area contributed by atoms with Crippen molar-refractivity contribution in [3.05, 3.63) is 53.8 Å². The van der Waals surface area contributed by atoms with E-state index >= 15 is 0 Å². The number of hydrogen-bond acceptors (Lipinski definition) is 3. The van der Waals surface area contributed by atoms with E-state index in [1.54, 1.807) is 30.3 Å². The normalized spacial score (nSPS) is 10.3. The number of rotatable bonds is 4. The van der Waals surface area contributed by atoms with Crippen molar-refractivity contribution in [1.29, 1.82) is 0 Å². The molecule has 3 nitrogen and oxygen atoms in total. The summed E-state index contributed by atoms with van der Waals surface area (Å²) in [5, 5.41) is 2.74. The summed E-state index contributed by atoms with van der Waals surface area (Å²) in [6, 6.07) is 11.7. The molecule has 104 valence electrons. The first kappa shape index (κ1) is 14.4. The minimum Gasteiger partial charge on any atom is -0.398 e. The molecule has 2 aromatic carbocycles. The van der Waals surface area contributed by atoms with E-state index in [0.717, 1.165) is 17.3 Å². The van der Waals surface area contributed by atoms with Crippen LogP contribution in [0.15, 0.2) is 47.4 Å². The number of aryl methyl sites for hydroxylation is 1. The average molecular weight is 290 g/mol. The van der Waals surface area contributed by atoms with Gasteiger partial charge in [-0.1, -0.05) is 18.2 Å². The van der Waals surface area contributed by atoms with Gasteiger partial charge in [-0.25, -0.2) is 4.39 Å². The van der Waals surface area contributed by atoms with E-state index in [1.165, 1.54) is 6.07 Å². The molecule has 0 heterocycles. The molecular formula is C15H15FN2OS. The highest BCUT2D eigenvalue weighted by Crippen LogP contribution is 2.22. The molecule has 0 spiro atoms. The third-order valence-corrected chi connectivity index (χ3v) is 3.81.